The number of carbonyl (C=O) groups excluding carboxylic acids is 2. The molecule has 2 aromatic heterocycles. The maximum atomic E-state index is 12.6. The molecule has 0 atom stereocenters. The Balaban J connectivity index is 1.48. The number of rotatable bonds is 2. The molecule has 2 N–H and O–H groups in total. The largest absolute Gasteiger partial charge is 0.491 e. The number of nitrogens with one attached hydrogen (secondary N) is 2. The summed E-state index contributed by atoms with van der Waals surface area (Å²) in [6.45, 7) is 1.94. The molecule has 0 spiro atoms. The van der Waals surface area contributed by atoms with Gasteiger partial charge in [-0.15, -0.1) is 11.3 Å². The number of fused-ring (bicyclic) bond motifs is 2. The maximum Gasteiger partial charge on any atom is 0.258 e. The maximum absolute atomic E-state index is 12.6. The van der Waals surface area contributed by atoms with Crippen LogP contribution in [0.1, 0.15) is 22.5 Å². The zero-order chi connectivity index (χ0) is 22.5. The van der Waals surface area contributed by atoms with Gasteiger partial charge in [-0.3, -0.25) is 23.7 Å². The smallest absolute Gasteiger partial charge is 0.258 e. The minimum Gasteiger partial charge on any atom is -0.491 e. The van der Waals surface area contributed by atoms with Crippen LogP contribution in [-0.4, -0.2) is 58.9 Å². The van der Waals surface area contributed by atoms with Gasteiger partial charge < -0.3 is 15.4 Å². The Bertz CT molecular complexity index is 1190. The summed E-state index contributed by atoms with van der Waals surface area (Å²) in [7, 11) is 0. The zero-order valence-electron chi connectivity index (χ0n) is 17.2. The summed E-state index contributed by atoms with van der Waals surface area (Å²) in [5.41, 5.74) is 0.800. The lowest BCUT2D eigenvalue weighted by Crippen LogP contribution is -2.40. The van der Waals surface area contributed by atoms with E-state index in [2.05, 4.69) is 15.6 Å². The first-order valence-corrected chi connectivity index (χ1v) is 11.4. The predicted octanol–water partition coefficient (Wildman–Crippen LogP) is 1.54. The molecular formula is C21H22ClN5O4S. The Morgan fingerprint density at radius 3 is 2.91 bits per heavy atom. The fourth-order valence-electron chi connectivity index (χ4n) is 3.43. The lowest BCUT2D eigenvalue weighted by atomic mass is 10.2. The van der Waals surface area contributed by atoms with Gasteiger partial charge in [-0.1, -0.05) is 11.6 Å². The van der Waals surface area contributed by atoms with Gasteiger partial charge in [-0.25, -0.2) is 4.98 Å². The summed E-state index contributed by atoms with van der Waals surface area (Å²) in [6.07, 6.45) is 2.29. The summed E-state index contributed by atoms with van der Waals surface area (Å²) in [4.78, 5) is 44.4. The van der Waals surface area contributed by atoms with E-state index in [0.717, 1.165) is 0 Å². The molecule has 1 aromatic carbocycles. The first kappa shape index (κ1) is 22.3. The number of hydrogen-bond acceptors (Lipinski definition) is 7. The van der Waals surface area contributed by atoms with Gasteiger partial charge in [0.15, 0.2) is 4.96 Å². The molecule has 0 saturated heterocycles. The summed E-state index contributed by atoms with van der Waals surface area (Å²) >= 11 is 7.42. The SMILES string of the molecule is O=C1CN(Cc2cc(=O)n3ccsc3n2)CCCNC(=O)c2cc(Cl)ccc2OCCN1. The Morgan fingerprint density at radius 2 is 2.03 bits per heavy atom. The van der Waals surface area contributed by atoms with Crippen molar-refractivity contribution in [1.82, 2.24) is 24.9 Å². The van der Waals surface area contributed by atoms with Crippen molar-refractivity contribution < 1.29 is 14.3 Å². The molecule has 2 amide bonds. The van der Waals surface area contributed by atoms with E-state index in [1.54, 1.807) is 29.8 Å². The number of halogens is 1. The van der Waals surface area contributed by atoms with Crippen LogP contribution in [0.3, 0.4) is 0 Å². The summed E-state index contributed by atoms with van der Waals surface area (Å²) in [6, 6.07) is 6.35. The van der Waals surface area contributed by atoms with Gasteiger partial charge in [0.05, 0.1) is 24.3 Å². The Hall–Kier alpha value is -2.95. The number of nitrogens with zero attached hydrogens (tertiary/aromatic N) is 3. The highest BCUT2D eigenvalue weighted by Crippen LogP contribution is 2.23. The minimum atomic E-state index is -0.270. The Kier molecular flexibility index (Phi) is 7.03. The normalized spacial score (nSPS) is 16.5. The summed E-state index contributed by atoms with van der Waals surface area (Å²) in [5.74, 6) is -0.00547. The second-order valence-electron chi connectivity index (χ2n) is 7.30. The number of amides is 2. The number of carbonyl (C=O) groups is 2. The van der Waals surface area contributed by atoms with Crippen molar-refractivity contribution in [2.45, 2.75) is 13.0 Å². The molecule has 0 saturated carbocycles. The fourth-order valence-corrected chi connectivity index (χ4v) is 4.34. The number of thiazole rings is 1. The number of hydrogen-bond donors (Lipinski definition) is 2. The number of benzene rings is 1. The van der Waals surface area contributed by atoms with Crippen molar-refractivity contribution in [3.05, 3.63) is 62.5 Å². The molecule has 1 aliphatic heterocycles. The van der Waals surface area contributed by atoms with Crippen LogP contribution in [0.25, 0.3) is 4.96 Å². The van der Waals surface area contributed by atoms with Gasteiger partial charge in [-0.2, -0.15) is 0 Å². The van der Waals surface area contributed by atoms with E-state index >= 15 is 0 Å². The third-order valence-electron chi connectivity index (χ3n) is 4.91. The first-order valence-electron chi connectivity index (χ1n) is 10.1. The highest BCUT2D eigenvalue weighted by molar-refractivity contribution is 7.15. The summed E-state index contributed by atoms with van der Waals surface area (Å²) < 4.78 is 7.17. The third-order valence-corrected chi connectivity index (χ3v) is 5.91. The van der Waals surface area contributed by atoms with E-state index in [4.69, 9.17) is 16.3 Å². The lowest BCUT2D eigenvalue weighted by molar-refractivity contribution is -0.122. The molecule has 32 heavy (non-hydrogen) atoms. The highest BCUT2D eigenvalue weighted by atomic mass is 35.5. The molecule has 0 aliphatic carbocycles. The Morgan fingerprint density at radius 1 is 1.16 bits per heavy atom. The lowest BCUT2D eigenvalue weighted by Gasteiger charge is -2.22. The van der Waals surface area contributed by atoms with Crippen LogP contribution >= 0.6 is 22.9 Å². The molecule has 11 heteroatoms. The van der Waals surface area contributed by atoms with Crippen molar-refractivity contribution in [1.29, 1.82) is 0 Å². The molecular weight excluding hydrogens is 454 g/mol. The van der Waals surface area contributed by atoms with Crippen LogP contribution in [-0.2, 0) is 11.3 Å². The average molecular weight is 476 g/mol. The van der Waals surface area contributed by atoms with Gasteiger partial charge >= 0.3 is 0 Å². The quantitative estimate of drug-likeness (QED) is 0.582. The van der Waals surface area contributed by atoms with Crippen LogP contribution in [0.15, 0.2) is 40.6 Å². The fraction of sp³-hybridized carbons (Fsp3) is 0.333. The number of aromatic nitrogens is 2. The van der Waals surface area contributed by atoms with Crippen LogP contribution in [0.4, 0.5) is 0 Å². The van der Waals surface area contributed by atoms with Crippen molar-refractivity contribution in [2.75, 3.05) is 32.8 Å². The second-order valence-corrected chi connectivity index (χ2v) is 8.61. The van der Waals surface area contributed by atoms with Crippen molar-refractivity contribution in [2.24, 2.45) is 0 Å². The van der Waals surface area contributed by atoms with Crippen molar-refractivity contribution in [3.63, 3.8) is 0 Å². The average Bonchev–Trinajstić information content (AvgIpc) is 3.23. The molecule has 9 nitrogen and oxygen atoms in total. The molecule has 0 radical (unpaired) electrons. The van der Waals surface area contributed by atoms with Gasteiger partial charge in [0.1, 0.15) is 12.4 Å². The van der Waals surface area contributed by atoms with Gasteiger partial charge in [0.25, 0.3) is 11.5 Å². The molecule has 3 heterocycles. The highest BCUT2D eigenvalue weighted by Gasteiger charge is 2.17. The summed E-state index contributed by atoms with van der Waals surface area (Å²) in [5, 5.41) is 7.94. The molecule has 0 bridgehead atoms. The van der Waals surface area contributed by atoms with E-state index in [9.17, 15) is 14.4 Å². The van der Waals surface area contributed by atoms with Gasteiger partial charge in [0, 0.05) is 42.3 Å². The molecule has 1 aliphatic rings. The molecule has 4 rings (SSSR count). The minimum absolute atomic E-state index is 0.144. The number of ether oxygens (including phenoxy) is 1. The van der Waals surface area contributed by atoms with Crippen LogP contribution in [0.2, 0.25) is 5.02 Å². The van der Waals surface area contributed by atoms with Crippen LogP contribution in [0.5, 0.6) is 5.75 Å². The van der Waals surface area contributed by atoms with Crippen LogP contribution in [0, 0.1) is 0 Å². The van der Waals surface area contributed by atoms with Crippen LogP contribution < -0.4 is 20.9 Å². The van der Waals surface area contributed by atoms with Gasteiger partial charge in [0.2, 0.25) is 5.91 Å². The van der Waals surface area contributed by atoms with E-state index < -0.39 is 0 Å². The van der Waals surface area contributed by atoms with Crippen molar-refractivity contribution >= 4 is 39.7 Å². The third kappa shape index (κ3) is 5.45. The monoisotopic (exact) mass is 475 g/mol. The van der Waals surface area contributed by atoms with E-state index in [1.165, 1.54) is 21.8 Å². The van der Waals surface area contributed by atoms with Crippen molar-refractivity contribution in [3.8, 4) is 5.75 Å². The molecule has 0 unspecified atom stereocenters. The standard InChI is InChI=1S/C21H22ClN5O4S/c22-14-2-3-17-16(10-14)20(30)24-4-1-6-26(13-18(28)23-5-8-31-17)12-15-11-19(29)27-7-9-32-21(27)25-15/h2-3,7,9-11H,1,4-6,8,12-13H2,(H,23,28)(H,24,30). The van der Waals surface area contributed by atoms with E-state index in [1.807, 2.05) is 4.90 Å². The van der Waals surface area contributed by atoms with Gasteiger partial charge in [-0.05, 0) is 24.6 Å². The topological polar surface area (TPSA) is 105 Å². The molecule has 168 valence electrons. The molecule has 0 fully saturated rings. The first-order chi connectivity index (χ1) is 15.5. The van der Waals surface area contributed by atoms with E-state index in [0.29, 0.717) is 53.0 Å². The van der Waals surface area contributed by atoms with E-state index in [-0.39, 0.29) is 37.1 Å². The second kappa shape index (κ2) is 10.1. The predicted molar refractivity (Wildman–Crippen MR) is 122 cm³/mol. The zero-order valence-corrected chi connectivity index (χ0v) is 18.7. The Labute approximate surface area is 193 Å². The molecule has 3 aromatic rings.